The van der Waals surface area contributed by atoms with Crippen molar-refractivity contribution in [3.8, 4) is 10.6 Å². The van der Waals surface area contributed by atoms with Crippen LogP contribution in [-0.4, -0.2) is 27.7 Å². The van der Waals surface area contributed by atoms with E-state index in [9.17, 15) is 0 Å². The zero-order valence-electron chi connectivity index (χ0n) is 12.5. The monoisotopic (exact) mass is 298 g/mol. The van der Waals surface area contributed by atoms with Crippen LogP contribution >= 0.6 is 11.3 Å². The lowest BCUT2D eigenvalue weighted by molar-refractivity contribution is 0.450. The van der Waals surface area contributed by atoms with Gasteiger partial charge in [0.15, 0.2) is 0 Å². The van der Waals surface area contributed by atoms with Crippen molar-refractivity contribution in [3.05, 3.63) is 60.0 Å². The van der Waals surface area contributed by atoms with Crippen LogP contribution in [0, 0.1) is 6.92 Å². The number of aryl methyl sites for hydroxylation is 1. The van der Waals surface area contributed by atoms with Gasteiger partial charge >= 0.3 is 0 Å². The lowest BCUT2D eigenvalue weighted by Crippen LogP contribution is -2.11. The van der Waals surface area contributed by atoms with Crippen molar-refractivity contribution in [1.82, 2.24) is 15.0 Å². The molecule has 0 aliphatic rings. The fourth-order valence-corrected chi connectivity index (χ4v) is 2.71. The molecule has 0 unspecified atom stereocenters. The summed E-state index contributed by atoms with van der Waals surface area (Å²) in [7, 11) is 1.87. The van der Waals surface area contributed by atoms with Crippen molar-refractivity contribution in [2.45, 2.75) is 13.8 Å². The molecule has 0 N–H and O–H groups in total. The number of hydrogen-bond donors (Lipinski definition) is 0. The van der Waals surface area contributed by atoms with E-state index in [4.69, 9.17) is 0 Å². The van der Waals surface area contributed by atoms with Crippen LogP contribution in [0.15, 0.2) is 54.6 Å². The second-order valence-corrected chi connectivity index (χ2v) is 5.62. The molecule has 2 rings (SSSR count). The summed E-state index contributed by atoms with van der Waals surface area (Å²) >= 11 is 1.59. The lowest BCUT2D eigenvalue weighted by Gasteiger charge is -2.13. The average Bonchev–Trinajstić information content (AvgIpc) is 2.87. The maximum absolute atomic E-state index is 4.61. The number of pyridine rings is 1. The molecule has 0 radical (unpaired) electrons. The van der Waals surface area contributed by atoms with E-state index in [1.165, 1.54) is 0 Å². The number of nitrogens with zero attached hydrogens (tertiary/aromatic N) is 4. The Morgan fingerprint density at radius 1 is 1.48 bits per heavy atom. The average molecular weight is 298 g/mol. The van der Waals surface area contributed by atoms with Crippen molar-refractivity contribution < 1.29 is 0 Å². The highest BCUT2D eigenvalue weighted by Crippen LogP contribution is 2.28. The molecule has 0 bridgehead atoms. The standard InChI is InChI=1S/C16H18N4S/c1-6-14(19-20(5)11(2)3)15-12(4)18-16(21-15)13-8-7-9-17-10-13/h6-10H,1-2H2,3-5H3/b19-14+. The number of thiazole rings is 1. The van der Waals surface area contributed by atoms with Gasteiger partial charge in [-0.1, -0.05) is 13.2 Å². The van der Waals surface area contributed by atoms with Crippen LogP contribution in [0.1, 0.15) is 17.5 Å². The molecular formula is C16H18N4S. The number of hydrazone groups is 1. The molecular weight excluding hydrogens is 280 g/mol. The first-order valence-corrected chi connectivity index (χ1v) is 7.33. The summed E-state index contributed by atoms with van der Waals surface area (Å²) in [6.07, 6.45) is 5.31. The molecule has 4 nitrogen and oxygen atoms in total. The number of rotatable bonds is 5. The first-order chi connectivity index (χ1) is 10.0. The van der Waals surface area contributed by atoms with Gasteiger partial charge in [0, 0.05) is 30.7 Å². The number of hydrogen-bond acceptors (Lipinski definition) is 5. The highest BCUT2D eigenvalue weighted by Gasteiger charge is 2.13. The van der Waals surface area contributed by atoms with Crippen molar-refractivity contribution in [3.63, 3.8) is 0 Å². The van der Waals surface area contributed by atoms with Crippen LogP contribution in [0.25, 0.3) is 10.6 Å². The minimum absolute atomic E-state index is 0.797. The molecule has 2 heterocycles. The van der Waals surface area contributed by atoms with Gasteiger partial charge in [-0.05, 0) is 32.1 Å². The second-order valence-electron chi connectivity index (χ2n) is 4.62. The van der Waals surface area contributed by atoms with Crippen molar-refractivity contribution in [1.29, 1.82) is 0 Å². The summed E-state index contributed by atoms with van der Waals surface area (Å²) in [4.78, 5) is 9.75. The molecule has 0 aliphatic heterocycles. The Morgan fingerprint density at radius 2 is 2.24 bits per heavy atom. The third-order valence-corrected chi connectivity index (χ3v) is 4.17. The summed E-state index contributed by atoms with van der Waals surface area (Å²) in [5, 5.41) is 7.19. The second kappa shape index (κ2) is 6.45. The molecule has 0 saturated carbocycles. The zero-order chi connectivity index (χ0) is 15.4. The minimum atomic E-state index is 0.797. The van der Waals surface area contributed by atoms with Crippen molar-refractivity contribution in [2.75, 3.05) is 7.05 Å². The maximum atomic E-state index is 4.61. The molecule has 108 valence electrons. The summed E-state index contributed by atoms with van der Waals surface area (Å²) in [6.45, 7) is 11.6. The fourth-order valence-electron chi connectivity index (χ4n) is 1.67. The molecule has 21 heavy (non-hydrogen) atoms. The predicted molar refractivity (Wildman–Crippen MR) is 89.4 cm³/mol. The highest BCUT2D eigenvalue weighted by molar-refractivity contribution is 7.17. The molecule has 0 amide bonds. The Bertz CT molecular complexity index is 686. The molecule has 2 aromatic heterocycles. The summed E-state index contributed by atoms with van der Waals surface area (Å²) in [6, 6.07) is 3.91. The van der Waals surface area contributed by atoms with Crippen molar-refractivity contribution in [2.24, 2.45) is 5.10 Å². The van der Waals surface area contributed by atoms with Crippen LogP contribution < -0.4 is 0 Å². The van der Waals surface area contributed by atoms with E-state index in [1.54, 1.807) is 28.6 Å². The van der Waals surface area contributed by atoms with Gasteiger partial charge in [-0.3, -0.25) is 9.99 Å². The van der Waals surface area contributed by atoms with Crippen LogP contribution in [-0.2, 0) is 0 Å². The molecule has 0 atom stereocenters. The van der Waals surface area contributed by atoms with E-state index in [-0.39, 0.29) is 0 Å². The summed E-state index contributed by atoms with van der Waals surface area (Å²) in [5.41, 5.74) is 3.61. The van der Waals surface area contributed by atoms with E-state index < -0.39 is 0 Å². The SMILES string of the molecule is C=C/C(=N\N(C)C(=C)C)c1sc(-c2cccnc2)nc1C. The Hall–Kier alpha value is -2.27. The third kappa shape index (κ3) is 3.44. The Labute approximate surface area is 129 Å². The maximum Gasteiger partial charge on any atom is 0.125 e. The fraction of sp³-hybridized carbons (Fsp3) is 0.188. The van der Waals surface area contributed by atoms with Gasteiger partial charge < -0.3 is 0 Å². The van der Waals surface area contributed by atoms with E-state index in [0.717, 1.165) is 32.6 Å². The normalized spacial score (nSPS) is 11.3. The topological polar surface area (TPSA) is 41.4 Å². The zero-order valence-corrected chi connectivity index (χ0v) is 13.3. The van der Waals surface area contributed by atoms with E-state index in [1.807, 2.05) is 39.2 Å². The van der Waals surface area contributed by atoms with Crippen LogP contribution in [0.2, 0.25) is 0 Å². The predicted octanol–water partition coefficient (Wildman–Crippen LogP) is 3.87. The molecule has 0 aliphatic carbocycles. The Kier molecular flexibility index (Phi) is 4.65. The van der Waals surface area contributed by atoms with Gasteiger partial charge in [0.2, 0.25) is 0 Å². The molecule has 0 spiro atoms. The highest BCUT2D eigenvalue weighted by atomic mass is 32.1. The quantitative estimate of drug-likeness (QED) is 0.621. The molecule has 0 aromatic carbocycles. The van der Waals surface area contributed by atoms with Gasteiger partial charge in [-0.15, -0.1) is 11.3 Å². The Balaban J connectivity index is 2.42. The molecule has 0 fully saturated rings. The number of aromatic nitrogens is 2. The summed E-state index contributed by atoms with van der Waals surface area (Å²) in [5.74, 6) is 0. The third-order valence-electron chi connectivity index (χ3n) is 2.94. The van der Waals surface area contributed by atoms with Gasteiger partial charge in [0.05, 0.1) is 10.6 Å². The van der Waals surface area contributed by atoms with Crippen LogP contribution in [0.5, 0.6) is 0 Å². The smallest absolute Gasteiger partial charge is 0.125 e. The van der Waals surface area contributed by atoms with E-state index in [2.05, 4.69) is 28.2 Å². The van der Waals surface area contributed by atoms with Crippen LogP contribution in [0.3, 0.4) is 0 Å². The van der Waals surface area contributed by atoms with Gasteiger partial charge in [0.25, 0.3) is 0 Å². The molecule has 0 saturated heterocycles. The first-order valence-electron chi connectivity index (χ1n) is 6.51. The minimum Gasteiger partial charge on any atom is -0.273 e. The molecule has 2 aromatic rings. The lowest BCUT2D eigenvalue weighted by atomic mass is 10.2. The largest absolute Gasteiger partial charge is 0.273 e. The van der Waals surface area contributed by atoms with Gasteiger partial charge in [-0.2, -0.15) is 5.10 Å². The van der Waals surface area contributed by atoms with E-state index in [0.29, 0.717) is 0 Å². The van der Waals surface area contributed by atoms with Gasteiger partial charge in [-0.25, -0.2) is 4.98 Å². The van der Waals surface area contributed by atoms with E-state index >= 15 is 0 Å². The first kappa shape index (κ1) is 15.1. The van der Waals surface area contributed by atoms with Crippen molar-refractivity contribution >= 4 is 17.0 Å². The van der Waals surface area contributed by atoms with Gasteiger partial charge in [0.1, 0.15) is 10.7 Å². The van der Waals surface area contributed by atoms with Crippen LogP contribution in [0.4, 0.5) is 0 Å². The number of allylic oxidation sites excluding steroid dienone is 2. The Morgan fingerprint density at radius 3 is 2.81 bits per heavy atom. The summed E-state index contributed by atoms with van der Waals surface area (Å²) < 4.78 is 0. The molecule has 5 heteroatoms.